The smallest absolute Gasteiger partial charge is 0.132 e. The fraction of sp³-hybridized carbons (Fsp3) is 0.562. The van der Waals surface area contributed by atoms with Crippen molar-refractivity contribution in [1.82, 2.24) is 5.32 Å². The van der Waals surface area contributed by atoms with E-state index >= 15 is 0 Å². The van der Waals surface area contributed by atoms with Gasteiger partial charge in [0.05, 0.1) is 0 Å². The summed E-state index contributed by atoms with van der Waals surface area (Å²) in [6, 6.07) is 6.61. The molecule has 0 atom stereocenters. The van der Waals surface area contributed by atoms with E-state index < -0.39 is 0 Å². The zero-order valence-corrected chi connectivity index (χ0v) is 11.5. The molecule has 2 rings (SSSR count). The van der Waals surface area contributed by atoms with E-state index in [0.717, 1.165) is 38.8 Å². The first-order valence-electron chi connectivity index (χ1n) is 6.93. The molecule has 0 aliphatic heterocycles. The van der Waals surface area contributed by atoms with Crippen LogP contribution in [0.25, 0.3) is 0 Å². The minimum absolute atomic E-state index is 0.445. The SMILES string of the molecule is Cc1ccc(CNCC2CCC(=O)CC2)c(C)c1. The normalized spacial score (nSPS) is 17.1. The largest absolute Gasteiger partial charge is 0.312 e. The van der Waals surface area contributed by atoms with E-state index in [0.29, 0.717) is 11.7 Å². The Kier molecular flexibility index (Phi) is 4.54. The van der Waals surface area contributed by atoms with E-state index in [-0.39, 0.29) is 0 Å². The first-order valence-corrected chi connectivity index (χ1v) is 6.93. The standard InChI is InChI=1S/C16H23NO/c1-12-3-6-15(13(2)9-12)11-17-10-14-4-7-16(18)8-5-14/h3,6,9,14,17H,4-5,7-8,10-11H2,1-2H3. The van der Waals surface area contributed by atoms with Crippen molar-refractivity contribution >= 4 is 5.78 Å². The number of aryl methyl sites for hydroxylation is 2. The van der Waals surface area contributed by atoms with Gasteiger partial charge in [0.25, 0.3) is 0 Å². The lowest BCUT2D eigenvalue weighted by molar-refractivity contribution is -0.120. The van der Waals surface area contributed by atoms with E-state index in [9.17, 15) is 4.79 Å². The molecule has 1 aliphatic rings. The number of nitrogens with one attached hydrogen (secondary N) is 1. The lowest BCUT2D eigenvalue weighted by atomic mass is 9.88. The summed E-state index contributed by atoms with van der Waals surface area (Å²) >= 11 is 0. The number of carbonyl (C=O) groups excluding carboxylic acids is 1. The van der Waals surface area contributed by atoms with Crippen molar-refractivity contribution in [1.29, 1.82) is 0 Å². The average molecular weight is 245 g/mol. The predicted octanol–water partition coefficient (Wildman–Crippen LogP) is 3.15. The maximum Gasteiger partial charge on any atom is 0.132 e. The molecule has 0 spiro atoms. The highest BCUT2D eigenvalue weighted by Gasteiger charge is 2.17. The molecular formula is C16H23NO. The zero-order valence-electron chi connectivity index (χ0n) is 11.5. The molecule has 0 unspecified atom stereocenters. The fourth-order valence-corrected chi connectivity index (χ4v) is 2.66. The summed E-state index contributed by atoms with van der Waals surface area (Å²) in [4.78, 5) is 11.2. The van der Waals surface area contributed by atoms with Crippen molar-refractivity contribution in [2.24, 2.45) is 5.92 Å². The van der Waals surface area contributed by atoms with Gasteiger partial charge in [0.2, 0.25) is 0 Å². The molecule has 18 heavy (non-hydrogen) atoms. The van der Waals surface area contributed by atoms with Crippen LogP contribution in [0.3, 0.4) is 0 Å². The Balaban J connectivity index is 1.76. The van der Waals surface area contributed by atoms with Crippen LogP contribution in [0, 0.1) is 19.8 Å². The van der Waals surface area contributed by atoms with E-state index in [1.54, 1.807) is 0 Å². The lowest BCUT2D eigenvalue weighted by Gasteiger charge is -2.21. The number of Topliss-reactive ketones (excluding diaryl/α,β-unsaturated/α-hetero) is 1. The first kappa shape index (κ1) is 13.3. The summed E-state index contributed by atoms with van der Waals surface area (Å²) in [5.74, 6) is 1.13. The number of hydrogen-bond acceptors (Lipinski definition) is 2. The van der Waals surface area contributed by atoms with Crippen molar-refractivity contribution in [3.8, 4) is 0 Å². The van der Waals surface area contributed by atoms with Crippen LogP contribution in [-0.4, -0.2) is 12.3 Å². The van der Waals surface area contributed by atoms with Crippen LogP contribution in [-0.2, 0) is 11.3 Å². The highest BCUT2D eigenvalue weighted by Crippen LogP contribution is 2.20. The minimum Gasteiger partial charge on any atom is -0.312 e. The summed E-state index contributed by atoms with van der Waals surface area (Å²) in [5.41, 5.74) is 4.07. The van der Waals surface area contributed by atoms with Crippen LogP contribution >= 0.6 is 0 Å². The molecule has 2 heteroatoms. The second-order valence-electron chi connectivity index (χ2n) is 5.54. The minimum atomic E-state index is 0.445. The molecule has 1 aromatic rings. The summed E-state index contributed by atoms with van der Waals surface area (Å²) in [6.45, 7) is 6.28. The summed E-state index contributed by atoms with van der Waals surface area (Å²) < 4.78 is 0. The van der Waals surface area contributed by atoms with Crippen LogP contribution in [0.1, 0.15) is 42.4 Å². The topological polar surface area (TPSA) is 29.1 Å². The highest BCUT2D eigenvalue weighted by molar-refractivity contribution is 5.79. The molecule has 1 fully saturated rings. The monoisotopic (exact) mass is 245 g/mol. The molecular weight excluding hydrogens is 222 g/mol. The third-order valence-electron chi connectivity index (χ3n) is 3.91. The molecule has 0 amide bonds. The van der Waals surface area contributed by atoms with Crippen molar-refractivity contribution in [2.45, 2.75) is 46.1 Å². The van der Waals surface area contributed by atoms with E-state index in [4.69, 9.17) is 0 Å². The number of benzene rings is 1. The van der Waals surface area contributed by atoms with Gasteiger partial charge in [-0.2, -0.15) is 0 Å². The summed E-state index contributed by atoms with van der Waals surface area (Å²) in [6.07, 6.45) is 3.71. The highest BCUT2D eigenvalue weighted by atomic mass is 16.1. The van der Waals surface area contributed by atoms with E-state index in [1.165, 1.54) is 16.7 Å². The molecule has 1 aliphatic carbocycles. The Morgan fingerprint density at radius 3 is 2.61 bits per heavy atom. The second kappa shape index (κ2) is 6.14. The average Bonchev–Trinajstić information content (AvgIpc) is 2.34. The third kappa shape index (κ3) is 3.67. The van der Waals surface area contributed by atoms with Crippen molar-refractivity contribution in [3.05, 3.63) is 34.9 Å². The van der Waals surface area contributed by atoms with Gasteiger partial charge in [-0.1, -0.05) is 23.8 Å². The Labute approximate surface area is 110 Å². The predicted molar refractivity (Wildman–Crippen MR) is 74.6 cm³/mol. The van der Waals surface area contributed by atoms with Crippen molar-refractivity contribution in [3.63, 3.8) is 0 Å². The summed E-state index contributed by atoms with van der Waals surface area (Å²) in [5, 5.41) is 3.54. The van der Waals surface area contributed by atoms with E-state index in [2.05, 4.69) is 37.4 Å². The van der Waals surface area contributed by atoms with Crippen LogP contribution in [0.15, 0.2) is 18.2 Å². The molecule has 1 saturated carbocycles. The fourth-order valence-electron chi connectivity index (χ4n) is 2.66. The van der Waals surface area contributed by atoms with Gasteiger partial charge < -0.3 is 5.32 Å². The second-order valence-corrected chi connectivity index (χ2v) is 5.54. The number of rotatable bonds is 4. The Morgan fingerprint density at radius 2 is 1.94 bits per heavy atom. The third-order valence-corrected chi connectivity index (χ3v) is 3.91. The van der Waals surface area contributed by atoms with Gasteiger partial charge in [0.1, 0.15) is 5.78 Å². The van der Waals surface area contributed by atoms with Crippen molar-refractivity contribution in [2.75, 3.05) is 6.54 Å². The molecule has 0 bridgehead atoms. The van der Waals surface area contributed by atoms with Crippen molar-refractivity contribution < 1.29 is 4.79 Å². The van der Waals surface area contributed by atoms with Gasteiger partial charge in [-0.3, -0.25) is 4.79 Å². The van der Waals surface area contributed by atoms with Crippen LogP contribution in [0.5, 0.6) is 0 Å². The van der Waals surface area contributed by atoms with Gasteiger partial charge in [-0.05, 0) is 50.3 Å². The van der Waals surface area contributed by atoms with Gasteiger partial charge >= 0.3 is 0 Å². The molecule has 1 N–H and O–H groups in total. The molecule has 0 radical (unpaired) electrons. The first-order chi connectivity index (χ1) is 8.65. The maximum atomic E-state index is 11.2. The Bertz CT molecular complexity index is 415. The molecule has 2 nitrogen and oxygen atoms in total. The van der Waals surface area contributed by atoms with Crippen LogP contribution in [0.2, 0.25) is 0 Å². The quantitative estimate of drug-likeness (QED) is 0.883. The Hall–Kier alpha value is -1.15. The van der Waals surface area contributed by atoms with Crippen LogP contribution < -0.4 is 5.32 Å². The number of carbonyl (C=O) groups is 1. The van der Waals surface area contributed by atoms with E-state index in [1.807, 2.05) is 0 Å². The number of hydrogen-bond donors (Lipinski definition) is 1. The van der Waals surface area contributed by atoms with Gasteiger partial charge in [-0.25, -0.2) is 0 Å². The lowest BCUT2D eigenvalue weighted by Crippen LogP contribution is -2.26. The summed E-state index contributed by atoms with van der Waals surface area (Å²) in [7, 11) is 0. The molecule has 0 saturated heterocycles. The van der Waals surface area contributed by atoms with Crippen LogP contribution in [0.4, 0.5) is 0 Å². The number of ketones is 1. The molecule has 0 heterocycles. The van der Waals surface area contributed by atoms with Gasteiger partial charge in [0, 0.05) is 19.4 Å². The molecule has 0 aromatic heterocycles. The zero-order chi connectivity index (χ0) is 13.0. The maximum absolute atomic E-state index is 11.2. The van der Waals surface area contributed by atoms with Gasteiger partial charge in [-0.15, -0.1) is 0 Å². The molecule has 1 aromatic carbocycles. The Morgan fingerprint density at radius 1 is 1.22 bits per heavy atom. The van der Waals surface area contributed by atoms with Gasteiger partial charge in [0.15, 0.2) is 0 Å². The molecule has 98 valence electrons.